The first kappa shape index (κ1) is 11.5. The lowest BCUT2D eigenvalue weighted by Gasteiger charge is -2.14. The molecule has 1 aliphatic carbocycles. The van der Waals surface area contributed by atoms with Gasteiger partial charge in [-0.25, -0.2) is 0 Å². The van der Waals surface area contributed by atoms with E-state index in [0.717, 1.165) is 18.1 Å². The van der Waals surface area contributed by atoms with Gasteiger partial charge in [0.2, 0.25) is 0 Å². The maximum atomic E-state index is 5.63. The number of ether oxygens (including phenoxy) is 1. The van der Waals surface area contributed by atoms with Gasteiger partial charge in [-0.2, -0.15) is 0 Å². The van der Waals surface area contributed by atoms with Crippen molar-refractivity contribution in [3.63, 3.8) is 0 Å². The molecule has 0 saturated heterocycles. The fourth-order valence-electron chi connectivity index (χ4n) is 2.66. The highest BCUT2D eigenvalue weighted by Gasteiger charge is 2.18. The van der Waals surface area contributed by atoms with Crippen LogP contribution in [0.2, 0.25) is 0 Å². The third kappa shape index (κ3) is 2.38. The van der Waals surface area contributed by atoms with Gasteiger partial charge in [0, 0.05) is 0 Å². The second-order valence-electron chi connectivity index (χ2n) is 4.59. The Hall–Kier alpha value is -1.02. The zero-order valence-corrected chi connectivity index (χ0v) is 10.0. The van der Waals surface area contributed by atoms with Crippen LogP contribution >= 0.6 is 0 Å². The van der Waals surface area contributed by atoms with Crippen molar-refractivity contribution in [1.29, 1.82) is 0 Å². The van der Waals surface area contributed by atoms with E-state index < -0.39 is 0 Å². The summed E-state index contributed by atoms with van der Waals surface area (Å²) >= 11 is 0. The summed E-state index contributed by atoms with van der Waals surface area (Å²) < 4.78 is 5.36. The molecule has 1 aliphatic rings. The largest absolute Gasteiger partial charge is 0.496 e. The summed E-state index contributed by atoms with van der Waals surface area (Å²) in [5.74, 6) is 1.75. The molecule has 0 amide bonds. The highest BCUT2D eigenvalue weighted by Crippen LogP contribution is 2.35. The van der Waals surface area contributed by atoms with E-state index in [1.807, 2.05) is 0 Å². The molecule has 0 bridgehead atoms. The fraction of sp³-hybridized carbons (Fsp3) is 0.571. The Labute approximate surface area is 97.8 Å². The molecule has 0 aliphatic heterocycles. The Bertz CT molecular complexity index is 343. The summed E-state index contributed by atoms with van der Waals surface area (Å²) in [5.41, 5.74) is 8.36. The monoisotopic (exact) mass is 219 g/mol. The van der Waals surface area contributed by atoms with Gasteiger partial charge in [-0.3, -0.25) is 0 Å². The number of hydrogen-bond acceptors (Lipinski definition) is 2. The second-order valence-corrected chi connectivity index (χ2v) is 4.59. The van der Waals surface area contributed by atoms with Crippen LogP contribution in [0, 0.1) is 0 Å². The van der Waals surface area contributed by atoms with Gasteiger partial charge in [-0.05, 0) is 48.9 Å². The maximum Gasteiger partial charge on any atom is 0.122 e. The molecule has 0 spiro atoms. The minimum atomic E-state index is 0.685. The molecule has 2 rings (SSSR count). The van der Waals surface area contributed by atoms with Gasteiger partial charge in [0.15, 0.2) is 0 Å². The topological polar surface area (TPSA) is 35.2 Å². The van der Waals surface area contributed by atoms with E-state index in [9.17, 15) is 0 Å². The van der Waals surface area contributed by atoms with Gasteiger partial charge in [-0.1, -0.05) is 25.0 Å². The molecule has 0 aromatic heterocycles. The molecule has 2 heteroatoms. The van der Waals surface area contributed by atoms with Crippen molar-refractivity contribution in [2.45, 2.75) is 38.0 Å². The average molecular weight is 219 g/mol. The van der Waals surface area contributed by atoms with Crippen LogP contribution in [0.5, 0.6) is 5.75 Å². The average Bonchev–Trinajstić information content (AvgIpc) is 2.83. The van der Waals surface area contributed by atoms with Crippen LogP contribution in [0.1, 0.15) is 42.7 Å². The zero-order chi connectivity index (χ0) is 11.4. The molecule has 1 saturated carbocycles. The van der Waals surface area contributed by atoms with Crippen LogP contribution in [0.4, 0.5) is 0 Å². The molecule has 1 aromatic carbocycles. The van der Waals surface area contributed by atoms with Crippen LogP contribution < -0.4 is 10.5 Å². The van der Waals surface area contributed by atoms with Gasteiger partial charge in [0.1, 0.15) is 5.75 Å². The molecular formula is C14H21NO. The first-order chi connectivity index (χ1) is 7.85. The second kappa shape index (κ2) is 5.35. The minimum absolute atomic E-state index is 0.685. The summed E-state index contributed by atoms with van der Waals surface area (Å²) in [7, 11) is 1.73. The normalized spacial score (nSPS) is 16.6. The number of benzene rings is 1. The highest BCUT2D eigenvalue weighted by molar-refractivity contribution is 5.39. The Balaban J connectivity index is 2.23. The summed E-state index contributed by atoms with van der Waals surface area (Å²) in [6.07, 6.45) is 6.35. The first-order valence-electron chi connectivity index (χ1n) is 6.22. The third-order valence-electron chi connectivity index (χ3n) is 3.54. The summed E-state index contributed by atoms with van der Waals surface area (Å²) in [6.45, 7) is 0.685. The molecule has 1 fully saturated rings. The van der Waals surface area contributed by atoms with Gasteiger partial charge in [0.25, 0.3) is 0 Å². The molecule has 0 atom stereocenters. The molecule has 88 valence electrons. The molecule has 0 heterocycles. The van der Waals surface area contributed by atoms with E-state index >= 15 is 0 Å². The predicted molar refractivity (Wildman–Crippen MR) is 67.0 cm³/mol. The Morgan fingerprint density at radius 2 is 2.06 bits per heavy atom. The highest BCUT2D eigenvalue weighted by atomic mass is 16.5. The molecule has 0 unspecified atom stereocenters. The first-order valence-corrected chi connectivity index (χ1v) is 6.22. The van der Waals surface area contributed by atoms with Crippen LogP contribution in [0.15, 0.2) is 18.2 Å². The fourth-order valence-corrected chi connectivity index (χ4v) is 2.66. The molecule has 16 heavy (non-hydrogen) atoms. The van der Waals surface area contributed by atoms with Crippen LogP contribution in [-0.2, 0) is 6.42 Å². The Morgan fingerprint density at radius 1 is 1.31 bits per heavy atom. The van der Waals surface area contributed by atoms with E-state index in [4.69, 9.17) is 10.5 Å². The zero-order valence-electron chi connectivity index (χ0n) is 10.0. The summed E-state index contributed by atoms with van der Waals surface area (Å²) in [5, 5.41) is 0. The van der Waals surface area contributed by atoms with Crippen LogP contribution in [0.25, 0.3) is 0 Å². The smallest absolute Gasteiger partial charge is 0.122 e. The SMILES string of the molecule is COc1ccc(C2CCCC2)cc1CCN. The van der Waals surface area contributed by atoms with Gasteiger partial charge >= 0.3 is 0 Å². The number of methoxy groups -OCH3 is 1. The molecule has 2 N–H and O–H groups in total. The van der Waals surface area contributed by atoms with E-state index in [1.54, 1.807) is 7.11 Å². The predicted octanol–water partition coefficient (Wildman–Crippen LogP) is 2.85. The van der Waals surface area contributed by atoms with Gasteiger partial charge < -0.3 is 10.5 Å². The number of rotatable bonds is 4. The van der Waals surface area contributed by atoms with Crippen LogP contribution in [-0.4, -0.2) is 13.7 Å². The van der Waals surface area contributed by atoms with Gasteiger partial charge in [0.05, 0.1) is 7.11 Å². The lowest BCUT2D eigenvalue weighted by Crippen LogP contribution is -2.05. The van der Waals surface area contributed by atoms with Crippen molar-refractivity contribution in [3.05, 3.63) is 29.3 Å². The lowest BCUT2D eigenvalue weighted by atomic mass is 9.95. The Kier molecular flexibility index (Phi) is 3.83. The van der Waals surface area contributed by atoms with Crippen LogP contribution in [0.3, 0.4) is 0 Å². The van der Waals surface area contributed by atoms with E-state index in [1.165, 1.54) is 36.8 Å². The molecule has 0 radical (unpaired) electrons. The van der Waals surface area contributed by atoms with Crippen molar-refractivity contribution in [2.24, 2.45) is 5.73 Å². The lowest BCUT2D eigenvalue weighted by molar-refractivity contribution is 0.409. The maximum absolute atomic E-state index is 5.63. The molecular weight excluding hydrogens is 198 g/mol. The number of nitrogens with two attached hydrogens (primary N) is 1. The summed E-state index contributed by atoms with van der Waals surface area (Å²) in [4.78, 5) is 0. The van der Waals surface area contributed by atoms with Crippen molar-refractivity contribution in [3.8, 4) is 5.75 Å². The molecule has 2 nitrogen and oxygen atoms in total. The minimum Gasteiger partial charge on any atom is -0.496 e. The third-order valence-corrected chi connectivity index (χ3v) is 3.54. The van der Waals surface area contributed by atoms with E-state index in [0.29, 0.717) is 6.54 Å². The van der Waals surface area contributed by atoms with Crippen molar-refractivity contribution >= 4 is 0 Å². The Morgan fingerprint density at radius 3 is 2.69 bits per heavy atom. The van der Waals surface area contributed by atoms with Crippen molar-refractivity contribution in [2.75, 3.05) is 13.7 Å². The quantitative estimate of drug-likeness (QED) is 0.845. The van der Waals surface area contributed by atoms with E-state index in [-0.39, 0.29) is 0 Å². The van der Waals surface area contributed by atoms with Gasteiger partial charge in [-0.15, -0.1) is 0 Å². The van der Waals surface area contributed by atoms with Crippen molar-refractivity contribution in [1.82, 2.24) is 0 Å². The van der Waals surface area contributed by atoms with Crippen molar-refractivity contribution < 1.29 is 4.74 Å². The number of hydrogen-bond donors (Lipinski definition) is 1. The standard InChI is InChI=1S/C14H21NO/c1-16-14-7-6-12(10-13(14)8-9-15)11-4-2-3-5-11/h6-7,10-11H,2-5,8-9,15H2,1H3. The van der Waals surface area contributed by atoms with E-state index in [2.05, 4.69) is 18.2 Å². The molecule has 1 aromatic rings. The summed E-state index contributed by atoms with van der Waals surface area (Å²) in [6, 6.07) is 6.61.